The molecule has 2 aromatic rings. The van der Waals surface area contributed by atoms with Gasteiger partial charge >= 0.3 is 5.97 Å². The van der Waals surface area contributed by atoms with E-state index < -0.39 is 5.97 Å². The van der Waals surface area contributed by atoms with Crippen LogP contribution in [0.2, 0.25) is 0 Å². The highest BCUT2D eigenvalue weighted by Gasteiger charge is 2.26. The second-order valence-electron chi connectivity index (χ2n) is 6.27. The molecule has 1 atom stereocenters. The summed E-state index contributed by atoms with van der Waals surface area (Å²) in [6.45, 7) is 2.67. The number of amides is 1. The number of carbonyl (C=O) groups excluding carboxylic acids is 2. The van der Waals surface area contributed by atoms with E-state index in [1.165, 1.54) is 11.3 Å². The zero-order chi connectivity index (χ0) is 18.4. The van der Waals surface area contributed by atoms with Crippen LogP contribution in [0.1, 0.15) is 42.4 Å². The van der Waals surface area contributed by atoms with Gasteiger partial charge in [0.25, 0.3) is 5.91 Å². The van der Waals surface area contributed by atoms with Gasteiger partial charge in [-0.25, -0.2) is 4.79 Å². The maximum Gasteiger partial charge on any atom is 0.340 e. The van der Waals surface area contributed by atoms with Gasteiger partial charge in [-0.05, 0) is 54.7 Å². The summed E-state index contributed by atoms with van der Waals surface area (Å²) in [5.74, 6) is -0.536. The van der Waals surface area contributed by atoms with Crippen molar-refractivity contribution < 1.29 is 14.3 Å². The maximum absolute atomic E-state index is 12.7. The molecule has 0 saturated carbocycles. The van der Waals surface area contributed by atoms with Crippen LogP contribution in [0.3, 0.4) is 0 Å². The summed E-state index contributed by atoms with van der Waals surface area (Å²) in [7, 11) is 0. The predicted octanol–water partition coefficient (Wildman–Crippen LogP) is 4.68. The molecule has 0 radical (unpaired) electrons. The van der Waals surface area contributed by atoms with Gasteiger partial charge in [0.15, 0.2) is 6.61 Å². The van der Waals surface area contributed by atoms with E-state index in [0.29, 0.717) is 5.57 Å². The third kappa shape index (κ3) is 4.62. The number of rotatable bonds is 6. The molecule has 138 valence electrons. The van der Waals surface area contributed by atoms with Gasteiger partial charge in [-0.3, -0.25) is 4.79 Å². The van der Waals surface area contributed by atoms with Crippen molar-refractivity contribution in [3.63, 3.8) is 0 Å². The lowest BCUT2D eigenvalue weighted by molar-refractivity contribution is -0.149. The molecular formula is C20H23NO3S2. The molecule has 0 unspecified atom stereocenters. The van der Waals surface area contributed by atoms with Crippen LogP contribution in [0.4, 0.5) is 0 Å². The molecule has 26 heavy (non-hydrogen) atoms. The van der Waals surface area contributed by atoms with Crippen LogP contribution in [0.5, 0.6) is 0 Å². The summed E-state index contributed by atoms with van der Waals surface area (Å²) >= 11 is 3.05. The van der Waals surface area contributed by atoms with E-state index >= 15 is 0 Å². The molecule has 3 heterocycles. The summed E-state index contributed by atoms with van der Waals surface area (Å²) in [6.07, 6.45) is 6.00. The molecule has 3 rings (SSSR count). The number of likely N-dealkylation sites (tertiary alicyclic amines) is 1. The first-order chi connectivity index (χ1) is 12.7. The Hall–Kier alpha value is -1.92. The number of thiophene rings is 2. The monoisotopic (exact) mass is 389 g/mol. The van der Waals surface area contributed by atoms with Gasteiger partial charge < -0.3 is 9.64 Å². The smallest absolute Gasteiger partial charge is 0.340 e. The number of nitrogens with zero attached hydrogens (tertiary/aromatic N) is 1. The zero-order valence-electron chi connectivity index (χ0n) is 14.8. The number of carbonyl (C=O) groups is 2. The second kappa shape index (κ2) is 9.14. The number of ether oxygens (including phenoxy) is 1. The van der Waals surface area contributed by atoms with E-state index in [-0.39, 0.29) is 18.6 Å². The number of piperidine rings is 1. The van der Waals surface area contributed by atoms with Crippen molar-refractivity contribution in [2.75, 3.05) is 13.2 Å². The first-order valence-corrected chi connectivity index (χ1v) is 10.7. The van der Waals surface area contributed by atoms with Crippen molar-refractivity contribution in [2.24, 2.45) is 0 Å². The van der Waals surface area contributed by atoms with Crippen LogP contribution >= 0.6 is 22.7 Å². The third-order valence-corrected chi connectivity index (χ3v) is 6.30. The molecular weight excluding hydrogens is 366 g/mol. The summed E-state index contributed by atoms with van der Waals surface area (Å²) in [5.41, 5.74) is 0.501. The summed E-state index contributed by atoms with van der Waals surface area (Å²) in [4.78, 5) is 28.9. The largest absolute Gasteiger partial charge is 0.452 e. The minimum Gasteiger partial charge on any atom is -0.452 e. The Morgan fingerprint density at radius 2 is 2.04 bits per heavy atom. The Kier molecular flexibility index (Phi) is 6.63. The fourth-order valence-corrected chi connectivity index (χ4v) is 4.61. The molecule has 1 saturated heterocycles. The molecule has 0 N–H and O–H groups in total. The molecule has 6 heteroatoms. The average molecular weight is 390 g/mol. The van der Waals surface area contributed by atoms with Gasteiger partial charge in [0.2, 0.25) is 0 Å². The SMILES string of the molecule is CC[C@@H]1CCCCN1C(=O)COC(=O)/C(=C/c1cccs1)c1cccs1. The van der Waals surface area contributed by atoms with Crippen molar-refractivity contribution in [1.82, 2.24) is 4.90 Å². The van der Waals surface area contributed by atoms with Crippen LogP contribution in [-0.4, -0.2) is 36.0 Å². The van der Waals surface area contributed by atoms with Gasteiger partial charge in [-0.15, -0.1) is 22.7 Å². The molecule has 1 aliphatic rings. The second-order valence-corrected chi connectivity index (χ2v) is 8.20. The Morgan fingerprint density at radius 3 is 2.73 bits per heavy atom. The van der Waals surface area contributed by atoms with Crippen LogP contribution in [0, 0.1) is 0 Å². The molecule has 1 fully saturated rings. The molecule has 4 nitrogen and oxygen atoms in total. The van der Waals surface area contributed by atoms with Gasteiger partial charge in [-0.2, -0.15) is 0 Å². The van der Waals surface area contributed by atoms with Crippen LogP contribution in [0.15, 0.2) is 35.0 Å². The van der Waals surface area contributed by atoms with Gasteiger partial charge in [0.05, 0.1) is 5.57 Å². The lowest BCUT2D eigenvalue weighted by Gasteiger charge is -2.35. The first-order valence-electron chi connectivity index (χ1n) is 8.94. The molecule has 0 spiro atoms. The Balaban J connectivity index is 1.67. The van der Waals surface area contributed by atoms with Crippen LogP contribution < -0.4 is 0 Å². The highest BCUT2D eigenvalue weighted by molar-refractivity contribution is 7.12. The third-order valence-electron chi connectivity index (χ3n) is 4.58. The summed E-state index contributed by atoms with van der Waals surface area (Å²) in [6, 6.07) is 7.97. The topological polar surface area (TPSA) is 46.6 Å². The van der Waals surface area contributed by atoms with E-state index in [0.717, 1.165) is 42.0 Å². The van der Waals surface area contributed by atoms with Crippen LogP contribution in [0.25, 0.3) is 11.6 Å². The number of esters is 1. The number of hydrogen-bond acceptors (Lipinski definition) is 5. The van der Waals surface area contributed by atoms with Crippen molar-refractivity contribution in [2.45, 2.75) is 38.6 Å². The van der Waals surface area contributed by atoms with E-state index in [1.54, 1.807) is 11.3 Å². The quantitative estimate of drug-likeness (QED) is 0.532. The zero-order valence-corrected chi connectivity index (χ0v) is 16.5. The predicted molar refractivity (Wildman–Crippen MR) is 107 cm³/mol. The summed E-state index contributed by atoms with van der Waals surface area (Å²) in [5, 5.41) is 3.89. The average Bonchev–Trinajstić information content (AvgIpc) is 3.37. The van der Waals surface area contributed by atoms with Crippen molar-refractivity contribution in [3.05, 3.63) is 44.8 Å². The van der Waals surface area contributed by atoms with E-state index in [2.05, 4.69) is 6.92 Å². The fraction of sp³-hybridized carbons (Fsp3) is 0.400. The normalized spacial score (nSPS) is 18.0. The molecule has 0 aromatic carbocycles. The summed E-state index contributed by atoms with van der Waals surface area (Å²) < 4.78 is 5.40. The highest BCUT2D eigenvalue weighted by Crippen LogP contribution is 2.26. The Bertz CT molecular complexity index is 750. The van der Waals surface area contributed by atoms with Crippen molar-refractivity contribution in [1.29, 1.82) is 0 Å². The molecule has 2 aromatic heterocycles. The minimum absolute atomic E-state index is 0.0912. The molecule has 1 amide bonds. The maximum atomic E-state index is 12.7. The van der Waals surface area contributed by atoms with Crippen LogP contribution in [-0.2, 0) is 14.3 Å². The van der Waals surface area contributed by atoms with E-state index in [4.69, 9.17) is 4.74 Å². The minimum atomic E-state index is -0.445. The number of hydrogen-bond donors (Lipinski definition) is 0. The van der Waals surface area contributed by atoms with E-state index in [1.807, 2.05) is 46.0 Å². The molecule has 0 aliphatic carbocycles. The van der Waals surface area contributed by atoms with Gasteiger partial charge in [0.1, 0.15) is 0 Å². The lowest BCUT2D eigenvalue weighted by atomic mass is 10.00. The Morgan fingerprint density at radius 1 is 1.23 bits per heavy atom. The Labute approximate surface area is 162 Å². The molecule has 0 bridgehead atoms. The first kappa shape index (κ1) is 18.9. The van der Waals surface area contributed by atoms with Crippen molar-refractivity contribution in [3.8, 4) is 0 Å². The standard InChI is InChI=1S/C20H23NO3S2/c1-2-15-7-3-4-10-21(15)19(22)14-24-20(23)17(18-9-6-12-26-18)13-16-8-5-11-25-16/h5-6,8-9,11-13,15H,2-4,7,10,14H2,1H3/b17-13+/t15-/m1/s1. The van der Waals surface area contributed by atoms with Gasteiger partial charge in [-0.1, -0.05) is 19.1 Å². The van der Waals surface area contributed by atoms with Gasteiger partial charge in [0, 0.05) is 22.3 Å². The molecule has 1 aliphatic heterocycles. The van der Waals surface area contributed by atoms with E-state index in [9.17, 15) is 9.59 Å². The fourth-order valence-electron chi connectivity index (χ4n) is 3.22. The lowest BCUT2D eigenvalue weighted by Crippen LogP contribution is -2.45. The van der Waals surface area contributed by atoms with Crippen molar-refractivity contribution >= 4 is 46.2 Å². The highest BCUT2D eigenvalue weighted by atomic mass is 32.1.